The van der Waals surface area contributed by atoms with Crippen LogP contribution < -0.4 is 5.32 Å². The van der Waals surface area contributed by atoms with Crippen LogP contribution in [0.2, 0.25) is 0 Å². The average Bonchev–Trinajstić information content (AvgIpc) is 3.27. The molecule has 4 rings (SSSR count). The summed E-state index contributed by atoms with van der Waals surface area (Å²) in [5, 5.41) is 2.89. The second-order valence-electron chi connectivity index (χ2n) is 7.22. The van der Waals surface area contributed by atoms with E-state index < -0.39 is 5.54 Å². The first-order valence-corrected chi connectivity index (χ1v) is 9.17. The lowest BCUT2D eigenvalue weighted by molar-refractivity contribution is -0.145. The van der Waals surface area contributed by atoms with Crippen LogP contribution in [0.3, 0.4) is 0 Å². The van der Waals surface area contributed by atoms with Crippen LogP contribution in [0.5, 0.6) is 0 Å². The summed E-state index contributed by atoms with van der Waals surface area (Å²) in [6.45, 7) is 1.83. The fourth-order valence-corrected chi connectivity index (χ4v) is 4.01. The molecule has 0 aromatic heterocycles. The molecule has 0 bridgehead atoms. The molecule has 3 aliphatic rings. The zero-order valence-electron chi connectivity index (χ0n) is 14.6. The van der Waals surface area contributed by atoms with Gasteiger partial charge in [-0.25, -0.2) is 4.79 Å². The number of likely N-dealkylation sites (tertiary alicyclic amines) is 1. The van der Waals surface area contributed by atoms with E-state index in [1.807, 2.05) is 30.3 Å². The molecule has 1 N–H and O–H groups in total. The number of piperidine rings is 1. The van der Waals surface area contributed by atoms with E-state index in [2.05, 4.69) is 5.32 Å². The monoisotopic (exact) mass is 357 g/mol. The van der Waals surface area contributed by atoms with E-state index in [1.54, 1.807) is 4.90 Å². The van der Waals surface area contributed by atoms with E-state index in [4.69, 9.17) is 4.74 Å². The first-order chi connectivity index (χ1) is 12.6. The minimum atomic E-state index is -0.876. The maximum atomic E-state index is 12.9. The molecular weight excluding hydrogens is 334 g/mol. The Morgan fingerprint density at radius 1 is 1.19 bits per heavy atom. The molecule has 3 aliphatic heterocycles. The van der Waals surface area contributed by atoms with E-state index in [0.717, 1.165) is 18.4 Å². The maximum Gasteiger partial charge on any atom is 0.325 e. The van der Waals surface area contributed by atoms with Gasteiger partial charge in [-0.15, -0.1) is 0 Å². The fourth-order valence-electron chi connectivity index (χ4n) is 4.01. The number of imide groups is 1. The maximum absolute atomic E-state index is 12.9. The second kappa shape index (κ2) is 6.72. The largest absolute Gasteiger partial charge is 0.368 e. The van der Waals surface area contributed by atoms with Crippen LogP contribution >= 0.6 is 0 Å². The van der Waals surface area contributed by atoms with Gasteiger partial charge in [0.15, 0.2) is 0 Å². The molecule has 7 heteroatoms. The topological polar surface area (TPSA) is 79.0 Å². The van der Waals surface area contributed by atoms with Crippen molar-refractivity contribution in [3.63, 3.8) is 0 Å². The van der Waals surface area contributed by atoms with Crippen molar-refractivity contribution in [1.82, 2.24) is 15.1 Å². The Hall–Kier alpha value is -2.41. The average molecular weight is 357 g/mol. The molecule has 0 radical (unpaired) electrons. The van der Waals surface area contributed by atoms with Crippen LogP contribution in [0.15, 0.2) is 30.3 Å². The number of nitrogens with zero attached hydrogens (tertiary/aromatic N) is 2. The van der Waals surface area contributed by atoms with E-state index in [9.17, 15) is 14.4 Å². The van der Waals surface area contributed by atoms with Gasteiger partial charge in [-0.05, 0) is 31.2 Å². The Kier molecular flexibility index (Phi) is 4.40. The zero-order valence-corrected chi connectivity index (χ0v) is 14.6. The van der Waals surface area contributed by atoms with Gasteiger partial charge in [-0.3, -0.25) is 14.5 Å². The number of carbonyl (C=O) groups is 3. The molecule has 3 fully saturated rings. The molecule has 0 saturated carbocycles. The van der Waals surface area contributed by atoms with Crippen molar-refractivity contribution in [2.45, 2.75) is 43.9 Å². The molecule has 7 nitrogen and oxygen atoms in total. The number of ether oxygens (including phenoxy) is 1. The van der Waals surface area contributed by atoms with E-state index >= 15 is 0 Å². The molecule has 3 heterocycles. The highest BCUT2D eigenvalue weighted by Gasteiger charge is 2.52. The third-order valence-electron chi connectivity index (χ3n) is 5.56. The van der Waals surface area contributed by atoms with E-state index in [-0.39, 0.29) is 30.5 Å². The molecule has 1 atom stereocenters. The Bertz CT molecular complexity index is 707. The predicted molar refractivity (Wildman–Crippen MR) is 93.0 cm³/mol. The number of rotatable bonds is 3. The number of hydrogen-bond acceptors (Lipinski definition) is 4. The highest BCUT2D eigenvalue weighted by molar-refractivity contribution is 6.07. The van der Waals surface area contributed by atoms with Crippen LogP contribution in [0, 0.1) is 0 Å². The molecular formula is C19H23N3O4. The Morgan fingerprint density at radius 3 is 2.58 bits per heavy atom. The molecule has 1 spiro atoms. The number of amides is 4. The van der Waals surface area contributed by atoms with Gasteiger partial charge in [0.25, 0.3) is 11.8 Å². The van der Waals surface area contributed by atoms with Gasteiger partial charge in [-0.2, -0.15) is 0 Å². The van der Waals surface area contributed by atoms with Crippen LogP contribution in [0.1, 0.15) is 31.2 Å². The van der Waals surface area contributed by atoms with Crippen molar-refractivity contribution in [3.8, 4) is 0 Å². The molecule has 1 aromatic carbocycles. The van der Waals surface area contributed by atoms with E-state index in [0.29, 0.717) is 32.5 Å². The highest BCUT2D eigenvalue weighted by Crippen LogP contribution is 2.31. The molecule has 1 aromatic rings. The number of urea groups is 1. The van der Waals surface area contributed by atoms with Crippen molar-refractivity contribution in [2.75, 3.05) is 19.7 Å². The molecule has 3 saturated heterocycles. The summed E-state index contributed by atoms with van der Waals surface area (Å²) >= 11 is 0. The summed E-state index contributed by atoms with van der Waals surface area (Å²) in [5.74, 6) is -0.175. The first-order valence-electron chi connectivity index (χ1n) is 9.17. The summed E-state index contributed by atoms with van der Waals surface area (Å²) in [7, 11) is 0. The third kappa shape index (κ3) is 2.96. The summed E-state index contributed by atoms with van der Waals surface area (Å²) in [5.41, 5.74) is 0.0400. The normalized spacial score (nSPS) is 25.0. The van der Waals surface area contributed by atoms with Gasteiger partial charge < -0.3 is 15.0 Å². The fraction of sp³-hybridized carbons (Fsp3) is 0.526. The number of hydrogen-bond donors (Lipinski definition) is 1. The van der Waals surface area contributed by atoms with E-state index in [1.165, 1.54) is 4.90 Å². The van der Waals surface area contributed by atoms with Gasteiger partial charge in [0.2, 0.25) is 0 Å². The van der Waals surface area contributed by atoms with Crippen LogP contribution in [0.4, 0.5) is 4.79 Å². The van der Waals surface area contributed by atoms with Gasteiger partial charge >= 0.3 is 6.03 Å². The minimum Gasteiger partial charge on any atom is -0.368 e. The van der Waals surface area contributed by atoms with Crippen molar-refractivity contribution in [3.05, 3.63) is 35.9 Å². The Labute approximate surface area is 152 Å². The summed E-state index contributed by atoms with van der Waals surface area (Å²) < 4.78 is 5.47. The van der Waals surface area contributed by atoms with Crippen molar-refractivity contribution in [2.24, 2.45) is 0 Å². The Morgan fingerprint density at radius 2 is 1.92 bits per heavy atom. The zero-order chi connectivity index (χ0) is 18.1. The summed E-state index contributed by atoms with van der Waals surface area (Å²) in [6.07, 6.45) is 2.23. The third-order valence-corrected chi connectivity index (χ3v) is 5.56. The van der Waals surface area contributed by atoms with Crippen LogP contribution in [-0.4, -0.2) is 59.0 Å². The molecule has 1 unspecified atom stereocenters. The van der Waals surface area contributed by atoms with Gasteiger partial charge in [0.1, 0.15) is 11.6 Å². The molecule has 0 aliphatic carbocycles. The predicted octanol–water partition coefficient (Wildman–Crippen LogP) is 1.28. The van der Waals surface area contributed by atoms with Gasteiger partial charge in [0, 0.05) is 19.7 Å². The minimum absolute atomic E-state index is 0.00950. The SMILES string of the molecule is O=C(C1CCCO1)N1CCC2(CC1)NC(=O)N(Cc1ccccc1)C2=O. The lowest BCUT2D eigenvalue weighted by atomic mass is 9.87. The lowest BCUT2D eigenvalue weighted by Crippen LogP contribution is -2.57. The molecule has 138 valence electrons. The highest BCUT2D eigenvalue weighted by atomic mass is 16.5. The summed E-state index contributed by atoms with van der Waals surface area (Å²) in [4.78, 5) is 40.8. The van der Waals surface area contributed by atoms with Crippen LogP contribution in [0.25, 0.3) is 0 Å². The van der Waals surface area contributed by atoms with Crippen molar-refractivity contribution in [1.29, 1.82) is 0 Å². The number of nitrogens with one attached hydrogen (secondary N) is 1. The Balaban J connectivity index is 1.41. The lowest BCUT2D eigenvalue weighted by Gasteiger charge is -2.38. The molecule has 4 amide bonds. The number of carbonyl (C=O) groups excluding carboxylic acids is 3. The second-order valence-corrected chi connectivity index (χ2v) is 7.22. The van der Waals surface area contributed by atoms with Gasteiger partial charge in [0.05, 0.1) is 6.54 Å². The van der Waals surface area contributed by atoms with Gasteiger partial charge in [-0.1, -0.05) is 30.3 Å². The summed E-state index contributed by atoms with van der Waals surface area (Å²) in [6, 6.07) is 9.12. The first kappa shape index (κ1) is 17.0. The van der Waals surface area contributed by atoms with Crippen molar-refractivity contribution >= 4 is 17.8 Å². The van der Waals surface area contributed by atoms with Crippen molar-refractivity contribution < 1.29 is 19.1 Å². The molecule has 26 heavy (non-hydrogen) atoms. The quantitative estimate of drug-likeness (QED) is 0.827. The number of benzene rings is 1. The smallest absolute Gasteiger partial charge is 0.325 e. The van der Waals surface area contributed by atoms with Crippen LogP contribution in [-0.2, 0) is 20.9 Å². The standard InChI is InChI=1S/C19H23N3O4/c23-16(15-7-4-12-26-15)21-10-8-19(9-11-21)17(24)22(18(25)20-19)13-14-5-2-1-3-6-14/h1-3,5-6,15H,4,7-13H2,(H,20,25).